The van der Waals surface area contributed by atoms with Gasteiger partial charge in [-0.05, 0) is 56.5 Å². The Morgan fingerprint density at radius 3 is 2.26 bits per heavy atom. The van der Waals surface area contributed by atoms with Crippen LogP contribution in [0.15, 0.2) is 18.2 Å². The first-order chi connectivity index (χ1) is 9.16. The van der Waals surface area contributed by atoms with Crippen LogP contribution in [0, 0.1) is 13.8 Å². The summed E-state index contributed by atoms with van der Waals surface area (Å²) in [5.41, 5.74) is 10.4. The Morgan fingerprint density at radius 2 is 1.63 bits per heavy atom. The van der Waals surface area contributed by atoms with Gasteiger partial charge < -0.3 is 10.6 Å². The summed E-state index contributed by atoms with van der Waals surface area (Å²) in [5, 5.41) is 0. The molecule has 1 fully saturated rings. The lowest BCUT2D eigenvalue weighted by Crippen LogP contribution is -2.34. The van der Waals surface area contributed by atoms with E-state index in [-0.39, 0.29) is 6.04 Å². The molecule has 2 nitrogen and oxygen atoms in total. The van der Waals surface area contributed by atoms with Gasteiger partial charge in [0, 0.05) is 12.6 Å². The van der Waals surface area contributed by atoms with Gasteiger partial charge in [-0.3, -0.25) is 0 Å². The van der Waals surface area contributed by atoms with E-state index in [0.29, 0.717) is 0 Å². The number of rotatable bonds is 3. The smallest absolute Gasteiger partial charge is 0.0424 e. The largest absolute Gasteiger partial charge is 0.323 e. The fourth-order valence-electron chi connectivity index (χ4n) is 2.87. The molecule has 0 aromatic heterocycles. The fourth-order valence-corrected chi connectivity index (χ4v) is 2.87. The number of hydrogen-bond acceptors (Lipinski definition) is 2. The molecule has 106 valence electrons. The van der Waals surface area contributed by atoms with E-state index in [0.717, 1.165) is 6.54 Å². The second-order valence-electron chi connectivity index (χ2n) is 6.02. The molecule has 0 saturated carbocycles. The normalized spacial score (nSPS) is 19.7. The van der Waals surface area contributed by atoms with Gasteiger partial charge in [0.1, 0.15) is 0 Å². The third kappa shape index (κ3) is 4.32. The molecule has 1 aromatic carbocycles. The van der Waals surface area contributed by atoms with E-state index in [9.17, 15) is 0 Å². The summed E-state index contributed by atoms with van der Waals surface area (Å²) in [4.78, 5) is 2.55. The first-order valence-corrected chi connectivity index (χ1v) is 7.72. The lowest BCUT2D eigenvalue weighted by molar-refractivity contribution is 0.234. The molecule has 0 radical (unpaired) electrons. The molecule has 1 heterocycles. The Bertz CT molecular complexity index is 392. The van der Waals surface area contributed by atoms with Gasteiger partial charge in [0.25, 0.3) is 0 Å². The molecule has 0 aliphatic carbocycles. The molecule has 1 unspecified atom stereocenters. The maximum atomic E-state index is 6.39. The number of nitrogens with two attached hydrogens (primary N) is 1. The zero-order chi connectivity index (χ0) is 13.7. The highest BCUT2D eigenvalue weighted by Crippen LogP contribution is 2.18. The molecular weight excluding hydrogens is 232 g/mol. The van der Waals surface area contributed by atoms with Crippen molar-refractivity contribution < 1.29 is 0 Å². The fraction of sp³-hybridized carbons (Fsp3) is 0.647. The van der Waals surface area contributed by atoms with Crippen molar-refractivity contribution in [3.63, 3.8) is 0 Å². The second-order valence-corrected chi connectivity index (χ2v) is 6.02. The van der Waals surface area contributed by atoms with Crippen molar-refractivity contribution >= 4 is 0 Å². The first kappa shape index (κ1) is 14.5. The number of hydrogen-bond donors (Lipinski definition) is 1. The molecule has 1 aromatic rings. The lowest BCUT2D eigenvalue weighted by atomic mass is 10.0. The predicted molar refractivity (Wildman–Crippen MR) is 82.4 cm³/mol. The Labute approximate surface area is 118 Å². The molecular formula is C17H28N2. The van der Waals surface area contributed by atoms with Gasteiger partial charge in [-0.1, -0.05) is 37.5 Å². The number of aryl methyl sites for hydroxylation is 2. The van der Waals surface area contributed by atoms with Crippen LogP contribution in [0.4, 0.5) is 0 Å². The van der Waals surface area contributed by atoms with Crippen molar-refractivity contribution in [2.45, 2.75) is 52.0 Å². The van der Waals surface area contributed by atoms with Gasteiger partial charge >= 0.3 is 0 Å². The van der Waals surface area contributed by atoms with Gasteiger partial charge in [-0.2, -0.15) is 0 Å². The van der Waals surface area contributed by atoms with E-state index >= 15 is 0 Å². The van der Waals surface area contributed by atoms with Crippen molar-refractivity contribution in [1.29, 1.82) is 0 Å². The standard InChI is InChI=1S/C17H28N2/c1-14-8-9-16(12-15(14)2)17(18)13-19-10-6-4-3-5-7-11-19/h8-9,12,17H,3-7,10-11,13,18H2,1-2H3. The third-order valence-electron chi connectivity index (χ3n) is 4.36. The van der Waals surface area contributed by atoms with E-state index in [1.54, 1.807) is 0 Å². The van der Waals surface area contributed by atoms with E-state index in [4.69, 9.17) is 5.73 Å². The molecule has 1 atom stereocenters. The molecule has 0 bridgehead atoms. The van der Waals surface area contributed by atoms with Crippen LogP contribution >= 0.6 is 0 Å². The van der Waals surface area contributed by atoms with Crippen molar-refractivity contribution in [3.8, 4) is 0 Å². The Morgan fingerprint density at radius 1 is 1.00 bits per heavy atom. The van der Waals surface area contributed by atoms with Gasteiger partial charge in [0.15, 0.2) is 0 Å². The van der Waals surface area contributed by atoms with Gasteiger partial charge in [-0.25, -0.2) is 0 Å². The summed E-state index contributed by atoms with van der Waals surface area (Å²) in [7, 11) is 0. The highest BCUT2D eigenvalue weighted by molar-refractivity contribution is 5.31. The van der Waals surface area contributed by atoms with Crippen molar-refractivity contribution in [1.82, 2.24) is 4.90 Å². The molecule has 1 aliphatic rings. The molecule has 0 spiro atoms. The lowest BCUT2D eigenvalue weighted by Gasteiger charge is -2.27. The zero-order valence-corrected chi connectivity index (χ0v) is 12.5. The molecule has 1 saturated heterocycles. The van der Waals surface area contributed by atoms with Crippen LogP contribution in [0.1, 0.15) is 54.8 Å². The molecule has 19 heavy (non-hydrogen) atoms. The second kappa shape index (κ2) is 7.06. The molecule has 2 N–H and O–H groups in total. The van der Waals surface area contributed by atoms with E-state index < -0.39 is 0 Å². The van der Waals surface area contributed by atoms with Crippen LogP contribution in [-0.4, -0.2) is 24.5 Å². The Balaban J connectivity index is 1.94. The summed E-state index contributed by atoms with van der Waals surface area (Å²) in [6, 6.07) is 6.79. The minimum absolute atomic E-state index is 0.152. The Hall–Kier alpha value is -0.860. The highest BCUT2D eigenvalue weighted by Gasteiger charge is 2.14. The van der Waals surface area contributed by atoms with Gasteiger partial charge in [0.05, 0.1) is 0 Å². The topological polar surface area (TPSA) is 29.3 Å². The average Bonchev–Trinajstić information content (AvgIpc) is 2.35. The minimum Gasteiger partial charge on any atom is -0.323 e. The van der Waals surface area contributed by atoms with Crippen LogP contribution in [0.2, 0.25) is 0 Å². The summed E-state index contributed by atoms with van der Waals surface area (Å²) in [6.45, 7) is 7.77. The monoisotopic (exact) mass is 260 g/mol. The predicted octanol–water partition coefficient (Wildman–Crippen LogP) is 3.57. The summed E-state index contributed by atoms with van der Waals surface area (Å²) < 4.78 is 0. The van der Waals surface area contributed by atoms with Crippen molar-refractivity contribution in [3.05, 3.63) is 34.9 Å². The third-order valence-corrected chi connectivity index (χ3v) is 4.36. The van der Waals surface area contributed by atoms with Gasteiger partial charge in [0.2, 0.25) is 0 Å². The van der Waals surface area contributed by atoms with Crippen molar-refractivity contribution in [2.75, 3.05) is 19.6 Å². The summed E-state index contributed by atoms with van der Waals surface area (Å²) in [6.07, 6.45) is 6.85. The van der Waals surface area contributed by atoms with E-state index in [1.807, 2.05) is 0 Å². The zero-order valence-electron chi connectivity index (χ0n) is 12.5. The van der Waals surface area contributed by atoms with Crippen LogP contribution in [-0.2, 0) is 0 Å². The van der Waals surface area contributed by atoms with Crippen LogP contribution < -0.4 is 5.73 Å². The number of nitrogens with zero attached hydrogens (tertiary/aromatic N) is 1. The Kier molecular flexibility index (Phi) is 5.41. The summed E-state index contributed by atoms with van der Waals surface area (Å²) >= 11 is 0. The van der Waals surface area contributed by atoms with Crippen LogP contribution in [0.25, 0.3) is 0 Å². The van der Waals surface area contributed by atoms with Crippen molar-refractivity contribution in [2.24, 2.45) is 5.73 Å². The molecule has 0 amide bonds. The molecule has 2 heteroatoms. The SMILES string of the molecule is Cc1ccc(C(N)CN2CCCCCCC2)cc1C. The molecule has 2 rings (SSSR count). The van der Waals surface area contributed by atoms with E-state index in [1.165, 1.54) is 61.9 Å². The molecule has 1 aliphatic heterocycles. The quantitative estimate of drug-likeness (QED) is 0.900. The minimum atomic E-state index is 0.152. The number of likely N-dealkylation sites (tertiary alicyclic amines) is 1. The number of benzene rings is 1. The van der Waals surface area contributed by atoms with E-state index in [2.05, 4.69) is 36.9 Å². The average molecular weight is 260 g/mol. The van der Waals surface area contributed by atoms with Crippen LogP contribution in [0.3, 0.4) is 0 Å². The maximum absolute atomic E-state index is 6.39. The summed E-state index contributed by atoms with van der Waals surface area (Å²) in [5.74, 6) is 0. The highest BCUT2D eigenvalue weighted by atomic mass is 15.1. The van der Waals surface area contributed by atoms with Crippen LogP contribution in [0.5, 0.6) is 0 Å². The maximum Gasteiger partial charge on any atom is 0.0424 e. The first-order valence-electron chi connectivity index (χ1n) is 7.72. The van der Waals surface area contributed by atoms with Gasteiger partial charge in [-0.15, -0.1) is 0 Å².